The molecule has 0 radical (unpaired) electrons. The van der Waals surface area contributed by atoms with Crippen molar-refractivity contribution in [1.82, 2.24) is 9.97 Å². The number of hydrogen-bond acceptors (Lipinski definition) is 7. The van der Waals surface area contributed by atoms with Crippen LogP contribution in [0.25, 0.3) is 21.5 Å². The lowest BCUT2D eigenvalue weighted by Crippen LogP contribution is -1.90. The highest BCUT2D eigenvalue weighted by Crippen LogP contribution is 2.35. The van der Waals surface area contributed by atoms with E-state index in [0.717, 1.165) is 38.4 Å². The summed E-state index contributed by atoms with van der Waals surface area (Å²) in [5.41, 5.74) is 4.19. The van der Waals surface area contributed by atoms with Gasteiger partial charge in [-0.3, -0.25) is 0 Å². The average Bonchev–Trinajstić information content (AvgIpc) is 3.28. The van der Waals surface area contributed by atoms with Crippen molar-refractivity contribution in [2.45, 2.75) is 11.8 Å². The van der Waals surface area contributed by atoms with Gasteiger partial charge in [-0.2, -0.15) is 0 Å². The van der Waals surface area contributed by atoms with Crippen molar-refractivity contribution in [2.75, 3.05) is 18.7 Å². The van der Waals surface area contributed by atoms with Crippen molar-refractivity contribution >= 4 is 54.9 Å². The molecule has 26 heavy (non-hydrogen) atoms. The van der Waals surface area contributed by atoms with Gasteiger partial charge in [0, 0.05) is 15.8 Å². The Morgan fingerprint density at radius 1 is 1.12 bits per heavy atom. The Labute approximate surface area is 164 Å². The number of nitrogens with one attached hydrogen (secondary N) is 1. The topological polar surface area (TPSA) is 47.0 Å². The fourth-order valence-corrected chi connectivity index (χ4v) is 5.04. The molecule has 132 valence electrons. The third-order valence-electron chi connectivity index (χ3n) is 4.01. The molecule has 4 rings (SSSR count). The highest BCUT2D eigenvalue weighted by Gasteiger charge is 2.11. The molecule has 0 saturated carbocycles. The Morgan fingerprint density at radius 3 is 2.77 bits per heavy atom. The zero-order chi connectivity index (χ0) is 18.1. The van der Waals surface area contributed by atoms with Crippen LogP contribution in [0.4, 0.5) is 10.3 Å². The molecular formula is C19H17N3OS3. The molecule has 0 aliphatic heterocycles. The number of aryl methyl sites for hydroxylation is 1. The SMILES string of the molecule is COc1ccc(-c2csc(Nc3nc4c(SC)cccc4s3)n2)cc1C. The number of rotatable bonds is 5. The maximum Gasteiger partial charge on any atom is 0.190 e. The number of thioether (sulfide) groups is 1. The van der Waals surface area contributed by atoms with Gasteiger partial charge in [-0.1, -0.05) is 17.4 Å². The summed E-state index contributed by atoms with van der Waals surface area (Å²) in [5.74, 6) is 0.890. The van der Waals surface area contributed by atoms with Gasteiger partial charge in [0.25, 0.3) is 0 Å². The van der Waals surface area contributed by atoms with E-state index in [2.05, 4.69) is 41.2 Å². The highest BCUT2D eigenvalue weighted by molar-refractivity contribution is 7.98. The van der Waals surface area contributed by atoms with Gasteiger partial charge in [0.05, 0.1) is 23.0 Å². The normalized spacial score (nSPS) is 11.0. The van der Waals surface area contributed by atoms with Crippen LogP contribution in [0.5, 0.6) is 5.75 Å². The van der Waals surface area contributed by atoms with E-state index in [0.29, 0.717) is 0 Å². The molecule has 0 amide bonds. The second-order valence-corrected chi connectivity index (χ2v) is 8.41. The highest BCUT2D eigenvalue weighted by atomic mass is 32.2. The fourth-order valence-electron chi connectivity index (χ4n) is 2.73. The summed E-state index contributed by atoms with van der Waals surface area (Å²) in [4.78, 5) is 10.6. The summed E-state index contributed by atoms with van der Waals surface area (Å²) in [5, 5.41) is 7.13. The third-order valence-corrected chi connectivity index (χ3v) is 6.47. The van der Waals surface area contributed by atoms with Crippen molar-refractivity contribution in [1.29, 1.82) is 0 Å². The molecule has 2 aromatic heterocycles. The van der Waals surface area contributed by atoms with Crippen molar-refractivity contribution < 1.29 is 4.74 Å². The fraction of sp³-hybridized carbons (Fsp3) is 0.158. The van der Waals surface area contributed by atoms with Gasteiger partial charge in [-0.15, -0.1) is 23.1 Å². The van der Waals surface area contributed by atoms with Crippen LogP contribution in [-0.2, 0) is 0 Å². The Kier molecular flexibility index (Phi) is 4.84. The number of aromatic nitrogens is 2. The molecule has 0 saturated heterocycles. The van der Waals surface area contributed by atoms with Crippen LogP contribution in [0.3, 0.4) is 0 Å². The zero-order valence-electron chi connectivity index (χ0n) is 14.6. The quantitative estimate of drug-likeness (QED) is 0.405. The Hall–Kier alpha value is -2.09. The summed E-state index contributed by atoms with van der Waals surface area (Å²) >= 11 is 4.95. The molecular weight excluding hydrogens is 382 g/mol. The van der Waals surface area contributed by atoms with Crippen LogP contribution in [0.15, 0.2) is 46.7 Å². The van der Waals surface area contributed by atoms with E-state index in [1.807, 2.05) is 19.1 Å². The number of para-hydroxylation sites is 1. The third kappa shape index (κ3) is 3.30. The van der Waals surface area contributed by atoms with E-state index >= 15 is 0 Å². The van der Waals surface area contributed by atoms with E-state index in [-0.39, 0.29) is 0 Å². The van der Waals surface area contributed by atoms with Gasteiger partial charge in [0.15, 0.2) is 10.3 Å². The molecule has 0 aliphatic rings. The Balaban J connectivity index is 1.60. The smallest absolute Gasteiger partial charge is 0.190 e. The van der Waals surface area contributed by atoms with Crippen LogP contribution in [0.1, 0.15) is 5.56 Å². The molecule has 2 heterocycles. The van der Waals surface area contributed by atoms with Crippen LogP contribution in [0, 0.1) is 6.92 Å². The molecule has 4 nitrogen and oxygen atoms in total. The lowest BCUT2D eigenvalue weighted by atomic mass is 10.1. The molecule has 0 spiro atoms. The predicted octanol–water partition coefficient (Wildman–Crippen LogP) is 6.20. The number of methoxy groups -OCH3 is 1. The molecule has 0 aliphatic carbocycles. The summed E-state index contributed by atoms with van der Waals surface area (Å²) in [7, 11) is 1.69. The molecule has 0 bridgehead atoms. The number of nitrogens with zero attached hydrogens (tertiary/aromatic N) is 2. The Morgan fingerprint density at radius 2 is 2.00 bits per heavy atom. The second-order valence-electron chi connectivity index (χ2n) is 5.67. The standard InChI is InChI=1S/C19H17N3OS3/c1-11-9-12(7-8-14(11)23-2)13-10-25-18(20-13)22-19-21-17-15(24-3)5-4-6-16(17)26-19/h4-10H,1-3H3,(H,20,21,22). The maximum atomic E-state index is 5.33. The van der Waals surface area contributed by atoms with Gasteiger partial charge in [-0.25, -0.2) is 9.97 Å². The molecule has 1 N–H and O–H groups in total. The summed E-state index contributed by atoms with van der Waals surface area (Å²) in [6.45, 7) is 2.04. The van der Waals surface area contributed by atoms with E-state index in [1.165, 1.54) is 9.60 Å². The van der Waals surface area contributed by atoms with E-state index in [9.17, 15) is 0 Å². The first kappa shape index (κ1) is 17.3. The lowest BCUT2D eigenvalue weighted by molar-refractivity contribution is 0.412. The summed E-state index contributed by atoms with van der Waals surface area (Å²) < 4.78 is 6.51. The number of benzene rings is 2. The molecule has 4 aromatic rings. The lowest BCUT2D eigenvalue weighted by Gasteiger charge is -2.05. The number of hydrogen-bond donors (Lipinski definition) is 1. The van der Waals surface area contributed by atoms with Crippen LogP contribution in [-0.4, -0.2) is 23.3 Å². The van der Waals surface area contributed by atoms with E-state index in [1.54, 1.807) is 41.5 Å². The molecule has 0 unspecified atom stereocenters. The first-order chi connectivity index (χ1) is 12.7. The van der Waals surface area contributed by atoms with Gasteiger partial charge in [0.2, 0.25) is 0 Å². The summed E-state index contributed by atoms with van der Waals surface area (Å²) in [6.07, 6.45) is 2.07. The predicted molar refractivity (Wildman–Crippen MR) is 114 cm³/mol. The second kappa shape index (κ2) is 7.26. The Bertz CT molecular complexity index is 1070. The number of fused-ring (bicyclic) bond motifs is 1. The number of anilines is 2. The van der Waals surface area contributed by atoms with Crippen molar-refractivity contribution in [3.05, 3.63) is 47.3 Å². The molecule has 0 atom stereocenters. The summed E-state index contributed by atoms with van der Waals surface area (Å²) in [6, 6.07) is 12.4. The minimum Gasteiger partial charge on any atom is -0.496 e. The minimum absolute atomic E-state index is 0.846. The molecule has 2 aromatic carbocycles. The van der Waals surface area contributed by atoms with E-state index < -0.39 is 0 Å². The number of ether oxygens (including phenoxy) is 1. The first-order valence-corrected chi connectivity index (χ1v) is 10.9. The van der Waals surface area contributed by atoms with Crippen LogP contribution < -0.4 is 10.1 Å². The van der Waals surface area contributed by atoms with Crippen molar-refractivity contribution in [2.24, 2.45) is 0 Å². The first-order valence-electron chi connectivity index (χ1n) is 7.99. The largest absolute Gasteiger partial charge is 0.496 e. The van der Waals surface area contributed by atoms with Crippen LogP contribution >= 0.6 is 34.4 Å². The van der Waals surface area contributed by atoms with Crippen molar-refractivity contribution in [3.63, 3.8) is 0 Å². The van der Waals surface area contributed by atoms with Gasteiger partial charge in [-0.05, 0) is 49.1 Å². The zero-order valence-corrected chi connectivity index (χ0v) is 17.0. The van der Waals surface area contributed by atoms with E-state index in [4.69, 9.17) is 14.7 Å². The van der Waals surface area contributed by atoms with Crippen molar-refractivity contribution in [3.8, 4) is 17.0 Å². The average molecular weight is 400 g/mol. The molecule has 0 fully saturated rings. The monoisotopic (exact) mass is 399 g/mol. The van der Waals surface area contributed by atoms with Gasteiger partial charge < -0.3 is 10.1 Å². The van der Waals surface area contributed by atoms with Gasteiger partial charge in [0.1, 0.15) is 5.75 Å². The molecule has 7 heteroatoms. The van der Waals surface area contributed by atoms with Crippen LogP contribution in [0.2, 0.25) is 0 Å². The van der Waals surface area contributed by atoms with Gasteiger partial charge >= 0.3 is 0 Å². The maximum absolute atomic E-state index is 5.33. The minimum atomic E-state index is 0.846. The number of thiazole rings is 2.